The van der Waals surface area contributed by atoms with Gasteiger partial charge >= 0.3 is 0 Å². The summed E-state index contributed by atoms with van der Waals surface area (Å²) in [4.78, 5) is 20.1. The van der Waals surface area contributed by atoms with Crippen LogP contribution in [0.25, 0.3) is 0 Å². The van der Waals surface area contributed by atoms with Crippen molar-refractivity contribution in [2.75, 3.05) is 0 Å². The fourth-order valence-corrected chi connectivity index (χ4v) is 1.86. The Labute approximate surface area is 97.1 Å². The molecule has 0 radical (unpaired) electrons. The molecule has 0 amide bonds. The van der Waals surface area contributed by atoms with Crippen molar-refractivity contribution in [3.05, 3.63) is 36.0 Å². The average Bonchev–Trinajstić information content (AvgIpc) is 2.65. The summed E-state index contributed by atoms with van der Waals surface area (Å²) in [5, 5.41) is 0.579. The molecule has 0 aromatic carbocycles. The SMILES string of the molecule is CC(=O)c1ccc(Sc2nc(C)co2)cn1. The maximum Gasteiger partial charge on any atom is 0.260 e. The average molecular weight is 234 g/mol. The van der Waals surface area contributed by atoms with E-state index >= 15 is 0 Å². The molecule has 0 atom stereocenters. The van der Waals surface area contributed by atoms with Crippen molar-refractivity contribution in [1.82, 2.24) is 9.97 Å². The third kappa shape index (κ3) is 2.49. The van der Waals surface area contributed by atoms with E-state index in [4.69, 9.17) is 4.42 Å². The van der Waals surface area contributed by atoms with Crippen LogP contribution < -0.4 is 0 Å². The van der Waals surface area contributed by atoms with Gasteiger partial charge in [-0.3, -0.25) is 9.78 Å². The quantitative estimate of drug-likeness (QED) is 0.764. The van der Waals surface area contributed by atoms with E-state index in [2.05, 4.69) is 9.97 Å². The highest BCUT2D eigenvalue weighted by molar-refractivity contribution is 7.99. The summed E-state index contributed by atoms with van der Waals surface area (Å²) < 4.78 is 5.20. The maximum absolute atomic E-state index is 11.0. The van der Waals surface area contributed by atoms with Crippen LogP contribution in [-0.2, 0) is 0 Å². The summed E-state index contributed by atoms with van der Waals surface area (Å²) in [5.41, 5.74) is 1.31. The lowest BCUT2D eigenvalue weighted by atomic mass is 10.3. The second-order valence-corrected chi connectivity index (χ2v) is 4.32. The Bertz CT molecular complexity index is 505. The van der Waals surface area contributed by atoms with Gasteiger partial charge in [0.1, 0.15) is 12.0 Å². The van der Waals surface area contributed by atoms with Crippen molar-refractivity contribution in [3.63, 3.8) is 0 Å². The van der Waals surface area contributed by atoms with E-state index in [-0.39, 0.29) is 5.78 Å². The number of carbonyl (C=O) groups is 1. The van der Waals surface area contributed by atoms with Gasteiger partial charge in [0.05, 0.1) is 5.69 Å². The summed E-state index contributed by atoms with van der Waals surface area (Å²) in [5.74, 6) is -0.0384. The third-order valence-corrected chi connectivity index (χ3v) is 2.74. The van der Waals surface area contributed by atoms with E-state index in [1.165, 1.54) is 18.7 Å². The number of aryl methyl sites for hydroxylation is 1. The molecular formula is C11H10N2O2S. The predicted molar refractivity (Wildman–Crippen MR) is 59.6 cm³/mol. The van der Waals surface area contributed by atoms with Crippen LogP contribution in [0.1, 0.15) is 23.1 Å². The molecule has 2 aromatic rings. The zero-order valence-corrected chi connectivity index (χ0v) is 9.75. The topological polar surface area (TPSA) is 56.0 Å². The number of aromatic nitrogens is 2. The van der Waals surface area contributed by atoms with Crippen LogP contribution in [0.5, 0.6) is 0 Å². The smallest absolute Gasteiger partial charge is 0.260 e. The fraction of sp³-hybridized carbons (Fsp3) is 0.182. The Morgan fingerprint density at radius 2 is 2.25 bits per heavy atom. The highest BCUT2D eigenvalue weighted by atomic mass is 32.2. The van der Waals surface area contributed by atoms with Crippen molar-refractivity contribution in [3.8, 4) is 0 Å². The number of pyridine rings is 1. The Kier molecular flexibility index (Phi) is 3.05. The molecule has 0 bridgehead atoms. The maximum atomic E-state index is 11.0. The first-order valence-corrected chi connectivity index (χ1v) is 5.54. The van der Waals surface area contributed by atoms with Gasteiger partial charge in [-0.15, -0.1) is 0 Å². The van der Waals surface area contributed by atoms with E-state index in [1.807, 2.05) is 13.0 Å². The Morgan fingerprint density at radius 3 is 2.75 bits per heavy atom. The molecule has 4 nitrogen and oxygen atoms in total. The lowest BCUT2D eigenvalue weighted by Gasteiger charge is -1.97. The Hall–Kier alpha value is -1.62. The Balaban J connectivity index is 2.14. The minimum atomic E-state index is -0.0384. The van der Waals surface area contributed by atoms with E-state index < -0.39 is 0 Å². The molecule has 2 heterocycles. The van der Waals surface area contributed by atoms with Crippen LogP contribution in [0.15, 0.2) is 39.1 Å². The van der Waals surface area contributed by atoms with Crippen LogP contribution in [-0.4, -0.2) is 15.8 Å². The zero-order valence-electron chi connectivity index (χ0n) is 8.93. The Morgan fingerprint density at radius 1 is 1.44 bits per heavy atom. The summed E-state index contributed by atoms with van der Waals surface area (Å²) in [6.45, 7) is 3.36. The van der Waals surface area contributed by atoms with Crippen molar-refractivity contribution >= 4 is 17.5 Å². The van der Waals surface area contributed by atoms with Crippen molar-refractivity contribution < 1.29 is 9.21 Å². The van der Waals surface area contributed by atoms with Gasteiger partial charge in [-0.25, -0.2) is 4.98 Å². The van der Waals surface area contributed by atoms with Crippen LogP contribution in [0.4, 0.5) is 0 Å². The largest absolute Gasteiger partial charge is 0.439 e. The number of rotatable bonds is 3. The zero-order chi connectivity index (χ0) is 11.5. The number of ketones is 1. The number of oxazole rings is 1. The normalized spacial score (nSPS) is 10.4. The lowest BCUT2D eigenvalue weighted by molar-refractivity contribution is 0.101. The molecule has 16 heavy (non-hydrogen) atoms. The molecule has 0 aliphatic rings. The molecule has 0 fully saturated rings. The highest BCUT2D eigenvalue weighted by Gasteiger charge is 2.05. The number of nitrogens with zero attached hydrogens (tertiary/aromatic N) is 2. The highest BCUT2D eigenvalue weighted by Crippen LogP contribution is 2.26. The van der Waals surface area contributed by atoms with Gasteiger partial charge in [0, 0.05) is 18.0 Å². The molecule has 0 saturated heterocycles. The summed E-state index contributed by atoms with van der Waals surface area (Å²) in [6.07, 6.45) is 3.24. The molecule has 0 spiro atoms. The van der Waals surface area contributed by atoms with Gasteiger partial charge in [-0.2, -0.15) is 0 Å². The molecule has 2 aromatic heterocycles. The number of Topliss-reactive ketones (excluding diaryl/α,β-unsaturated/α-hetero) is 1. The monoisotopic (exact) mass is 234 g/mol. The van der Waals surface area contributed by atoms with Gasteiger partial charge in [0.25, 0.3) is 5.22 Å². The van der Waals surface area contributed by atoms with Crippen molar-refractivity contribution in [1.29, 1.82) is 0 Å². The molecule has 82 valence electrons. The van der Waals surface area contributed by atoms with Gasteiger partial charge in [-0.05, 0) is 30.8 Å². The molecule has 0 aliphatic heterocycles. The first kappa shape index (κ1) is 10.9. The standard InChI is InChI=1S/C11H10N2O2S/c1-7-6-15-11(13-7)16-9-3-4-10(8(2)14)12-5-9/h3-6H,1-2H3. The molecule has 0 saturated carbocycles. The fourth-order valence-electron chi connectivity index (χ4n) is 1.13. The first-order valence-electron chi connectivity index (χ1n) is 4.72. The van der Waals surface area contributed by atoms with E-state index in [9.17, 15) is 4.79 Å². The molecular weight excluding hydrogens is 224 g/mol. The second-order valence-electron chi connectivity index (χ2n) is 3.29. The van der Waals surface area contributed by atoms with Crippen LogP contribution in [0.2, 0.25) is 0 Å². The molecule has 0 N–H and O–H groups in total. The minimum absolute atomic E-state index is 0.0384. The molecule has 2 rings (SSSR count). The second kappa shape index (κ2) is 4.49. The van der Waals surface area contributed by atoms with Crippen molar-refractivity contribution in [2.24, 2.45) is 0 Å². The minimum Gasteiger partial charge on any atom is -0.439 e. The summed E-state index contributed by atoms with van der Waals surface area (Å²) in [6, 6.07) is 3.52. The van der Waals surface area contributed by atoms with E-state index in [0.29, 0.717) is 10.9 Å². The summed E-state index contributed by atoms with van der Waals surface area (Å²) >= 11 is 1.38. The van der Waals surface area contributed by atoms with Gasteiger partial charge in [0.2, 0.25) is 0 Å². The van der Waals surface area contributed by atoms with Crippen LogP contribution in [0, 0.1) is 6.92 Å². The van der Waals surface area contributed by atoms with E-state index in [1.54, 1.807) is 18.5 Å². The number of hydrogen-bond donors (Lipinski definition) is 0. The third-order valence-electron chi connectivity index (χ3n) is 1.90. The number of hydrogen-bond acceptors (Lipinski definition) is 5. The van der Waals surface area contributed by atoms with Gasteiger partial charge < -0.3 is 4.42 Å². The lowest BCUT2D eigenvalue weighted by Crippen LogP contribution is -1.95. The van der Waals surface area contributed by atoms with E-state index in [0.717, 1.165) is 10.6 Å². The van der Waals surface area contributed by atoms with Crippen molar-refractivity contribution in [2.45, 2.75) is 24.0 Å². The number of carbonyl (C=O) groups excluding carboxylic acids is 1. The molecule has 5 heteroatoms. The summed E-state index contributed by atoms with van der Waals surface area (Å²) in [7, 11) is 0. The van der Waals surface area contributed by atoms with Gasteiger partial charge in [0.15, 0.2) is 5.78 Å². The first-order chi connectivity index (χ1) is 7.65. The predicted octanol–water partition coefficient (Wildman–Crippen LogP) is 2.73. The van der Waals surface area contributed by atoms with Crippen LogP contribution >= 0.6 is 11.8 Å². The molecule has 0 unspecified atom stereocenters. The van der Waals surface area contributed by atoms with Gasteiger partial charge in [-0.1, -0.05) is 0 Å². The van der Waals surface area contributed by atoms with Crippen LogP contribution in [0.3, 0.4) is 0 Å². The molecule has 0 aliphatic carbocycles.